The Morgan fingerprint density at radius 1 is 1.06 bits per heavy atom. The maximum absolute atomic E-state index is 13.2. The lowest BCUT2D eigenvalue weighted by Crippen LogP contribution is -2.35. The molecular weight excluding hydrogens is 398 g/mol. The summed E-state index contributed by atoms with van der Waals surface area (Å²) in [6.07, 6.45) is 1.88. The molecule has 0 unspecified atom stereocenters. The Labute approximate surface area is 180 Å². The highest BCUT2D eigenvalue weighted by Gasteiger charge is 2.21. The van der Waals surface area contributed by atoms with Crippen LogP contribution in [0.3, 0.4) is 0 Å². The quantitative estimate of drug-likeness (QED) is 0.624. The van der Waals surface area contributed by atoms with Gasteiger partial charge in [-0.1, -0.05) is 23.4 Å². The smallest absolute Gasteiger partial charge is 0.227 e. The Balaban J connectivity index is 1.61. The van der Waals surface area contributed by atoms with Crippen molar-refractivity contribution in [3.8, 4) is 17.4 Å². The number of aromatic nitrogens is 2. The Hall–Kier alpha value is -3.39. The van der Waals surface area contributed by atoms with Gasteiger partial charge in [0.2, 0.25) is 11.8 Å². The highest BCUT2D eigenvalue weighted by molar-refractivity contribution is 5.79. The van der Waals surface area contributed by atoms with Crippen molar-refractivity contribution in [3.05, 3.63) is 65.2 Å². The van der Waals surface area contributed by atoms with Crippen LogP contribution in [0.2, 0.25) is 0 Å². The van der Waals surface area contributed by atoms with E-state index in [-0.39, 0.29) is 12.3 Å². The van der Waals surface area contributed by atoms with Gasteiger partial charge < -0.3 is 23.6 Å². The zero-order valence-electron chi connectivity index (χ0n) is 17.7. The van der Waals surface area contributed by atoms with Crippen LogP contribution in [0.1, 0.15) is 22.6 Å². The van der Waals surface area contributed by atoms with Gasteiger partial charge in [-0.15, -0.1) is 0 Å². The topological polar surface area (TPSA) is 86.9 Å². The summed E-state index contributed by atoms with van der Waals surface area (Å²) in [7, 11) is 0. The first kappa shape index (κ1) is 20.9. The van der Waals surface area contributed by atoms with Crippen LogP contribution in [-0.2, 0) is 22.5 Å². The molecule has 0 fully saturated rings. The first-order chi connectivity index (χ1) is 15.1. The number of ether oxygens (including phenoxy) is 3. The van der Waals surface area contributed by atoms with Gasteiger partial charge in [-0.05, 0) is 32.0 Å². The van der Waals surface area contributed by atoms with Crippen molar-refractivity contribution in [2.45, 2.75) is 26.8 Å². The summed E-state index contributed by atoms with van der Waals surface area (Å²) in [5.41, 5.74) is 2.34. The Morgan fingerprint density at radius 3 is 2.71 bits per heavy atom. The van der Waals surface area contributed by atoms with E-state index in [1.54, 1.807) is 11.1 Å². The minimum atomic E-state index is -0.0423. The summed E-state index contributed by atoms with van der Waals surface area (Å²) in [4.78, 5) is 19.3. The molecule has 0 N–H and O–H groups in total. The van der Waals surface area contributed by atoms with Crippen LogP contribution in [0.5, 0.6) is 17.4 Å². The summed E-state index contributed by atoms with van der Waals surface area (Å²) < 4.78 is 22.8. The zero-order valence-corrected chi connectivity index (χ0v) is 17.7. The number of hydrogen-bond acceptors (Lipinski definition) is 7. The molecule has 3 heterocycles. The van der Waals surface area contributed by atoms with E-state index in [2.05, 4.69) is 10.1 Å². The van der Waals surface area contributed by atoms with Crippen molar-refractivity contribution in [2.24, 2.45) is 0 Å². The molecule has 3 aromatic rings. The van der Waals surface area contributed by atoms with Gasteiger partial charge in [-0.25, -0.2) is 4.98 Å². The fourth-order valence-corrected chi connectivity index (χ4v) is 3.40. The molecule has 8 nitrogen and oxygen atoms in total. The summed E-state index contributed by atoms with van der Waals surface area (Å²) >= 11 is 0. The predicted molar refractivity (Wildman–Crippen MR) is 112 cm³/mol. The van der Waals surface area contributed by atoms with Crippen molar-refractivity contribution in [1.82, 2.24) is 15.0 Å². The van der Waals surface area contributed by atoms with Gasteiger partial charge in [-0.3, -0.25) is 4.79 Å². The lowest BCUT2D eigenvalue weighted by Gasteiger charge is -2.23. The second kappa shape index (κ2) is 9.61. The minimum absolute atomic E-state index is 0.0423. The monoisotopic (exact) mass is 423 g/mol. The molecule has 0 saturated heterocycles. The second-order valence-corrected chi connectivity index (χ2v) is 7.27. The molecule has 4 rings (SSSR count). The number of pyridine rings is 1. The van der Waals surface area contributed by atoms with E-state index >= 15 is 0 Å². The maximum Gasteiger partial charge on any atom is 0.227 e. The fraction of sp³-hybridized carbons (Fsp3) is 0.348. The van der Waals surface area contributed by atoms with E-state index in [9.17, 15) is 4.79 Å². The third kappa shape index (κ3) is 5.03. The van der Waals surface area contributed by atoms with Crippen molar-refractivity contribution in [1.29, 1.82) is 0 Å². The van der Waals surface area contributed by atoms with Gasteiger partial charge >= 0.3 is 0 Å². The average molecular weight is 423 g/mol. The lowest BCUT2D eigenvalue weighted by atomic mass is 10.1. The summed E-state index contributed by atoms with van der Waals surface area (Å²) in [6, 6.07) is 11.2. The van der Waals surface area contributed by atoms with Gasteiger partial charge in [0.1, 0.15) is 12.4 Å². The molecule has 1 aromatic carbocycles. The van der Waals surface area contributed by atoms with Crippen LogP contribution in [0.4, 0.5) is 0 Å². The van der Waals surface area contributed by atoms with Crippen molar-refractivity contribution in [3.63, 3.8) is 0 Å². The van der Waals surface area contributed by atoms with Crippen LogP contribution >= 0.6 is 0 Å². The number of rotatable bonds is 2. The van der Waals surface area contributed by atoms with Crippen LogP contribution < -0.4 is 9.47 Å². The molecule has 0 spiro atoms. The molecule has 8 heteroatoms. The molecule has 0 saturated carbocycles. The molecule has 2 aromatic heterocycles. The van der Waals surface area contributed by atoms with Crippen LogP contribution in [0.15, 0.2) is 47.1 Å². The molecular formula is C23H25N3O5. The number of para-hydroxylation sites is 2. The van der Waals surface area contributed by atoms with Crippen LogP contribution in [-0.4, -0.2) is 47.3 Å². The first-order valence-corrected chi connectivity index (χ1v) is 10.2. The lowest BCUT2D eigenvalue weighted by molar-refractivity contribution is -0.132. The highest BCUT2D eigenvalue weighted by atomic mass is 16.5. The Bertz CT molecular complexity index is 1030. The number of aryl methyl sites for hydroxylation is 2. The third-order valence-corrected chi connectivity index (χ3v) is 5.12. The molecule has 1 amide bonds. The van der Waals surface area contributed by atoms with E-state index in [0.29, 0.717) is 56.0 Å². The molecule has 31 heavy (non-hydrogen) atoms. The van der Waals surface area contributed by atoms with Gasteiger partial charge in [0, 0.05) is 23.9 Å². The van der Waals surface area contributed by atoms with Crippen molar-refractivity contribution < 1.29 is 23.5 Å². The van der Waals surface area contributed by atoms with Gasteiger partial charge in [0.15, 0.2) is 11.5 Å². The largest absolute Gasteiger partial charge is 0.487 e. The molecule has 0 bridgehead atoms. The number of carbonyl (C=O) groups excluding carboxylic acids is 1. The zero-order chi connectivity index (χ0) is 21.6. The predicted octanol–water partition coefficient (Wildman–Crippen LogP) is 3.46. The van der Waals surface area contributed by atoms with E-state index in [1.165, 1.54) is 0 Å². The van der Waals surface area contributed by atoms with Gasteiger partial charge in [-0.2, -0.15) is 0 Å². The van der Waals surface area contributed by atoms with E-state index in [1.807, 2.05) is 50.2 Å². The third-order valence-electron chi connectivity index (χ3n) is 5.12. The highest BCUT2D eigenvalue weighted by Crippen LogP contribution is 2.32. The van der Waals surface area contributed by atoms with Gasteiger partial charge in [0.25, 0.3) is 0 Å². The number of carbonyl (C=O) groups is 1. The molecule has 0 atom stereocenters. The number of fused-ring (bicyclic) bond motifs is 2. The fourth-order valence-electron chi connectivity index (χ4n) is 3.40. The summed E-state index contributed by atoms with van der Waals surface area (Å²) in [6.45, 7) is 5.62. The first-order valence-electron chi connectivity index (χ1n) is 10.2. The van der Waals surface area contributed by atoms with E-state index in [0.717, 1.165) is 16.8 Å². The molecule has 1 aliphatic heterocycles. The number of benzene rings is 1. The molecule has 162 valence electrons. The van der Waals surface area contributed by atoms with Gasteiger partial charge in [0.05, 0.1) is 31.9 Å². The number of amides is 1. The molecule has 0 aliphatic carbocycles. The second-order valence-electron chi connectivity index (χ2n) is 7.27. The Kier molecular flexibility index (Phi) is 6.47. The van der Waals surface area contributed by atoms with E-state index < -0.39 is 0 Å². The van der Waals surface area contributed by atoms with Crippen molar-refractivity contribution in [2.75, 3.05) is 26.4 Å². The number of hydrogen-bond donors (Lipinski definition) is 0. The minimum Gasteiger partial charge on any atom is -0.487 e. The Morgan fingerprint density at radius 2 is 1.90 bits per heavy atom. The van der Waals surface area contributed by atoms with Crippen LogP contribution in [0, 0.1) is 13.8 Å². The van der Waals surface area contributed by atoms with E-state index in [4.69, 9.17) is 18.7 Å². The average Bonchev–Trinajstić information content (AvgIpc) is 3.09. The van der Waals surface area contributed by atoms with Crippen LogP contribution in [0.25, 0.3) is 0 Å². The standard InChI is InChI=1S/C23H25N3O5/c1-16-19(17(2)31-25-16)14-22(27)26-10-11-28-12-13-29-20-7-3-4-8-21(20)30-23-18(15-26)6-5-9-24-23/h3-9H,10-15H2,1-2H3. The normalized spacial score (nSPS) is 14.7. The SMILES string of the molecule is Cc1noc(C)c1CC(=O)N1CCOCCOc2ccccc2Oc2ncccc2C1. The molecule has 1 aliphatic rings. The maximum atomic E-state index is 13.2. The summed E-state index contributed by atoms with van der Waals surface area (Å²) in [5, 5.41) is 3.95. The summed E-state index contributed by atoms with van der Waals surface area (Å²) in [5.74, 6) is 2.24. The molecule has 0 radical (unpaired) electrons. The number of nitrogens with zero attached hydrogens (tertiary/aromatic N) is 3. The van der Waals surface area contributed by atoms with Crippen molar-refractivity contribution >= 4 is 5.91 Å².